The zero-order valence-electron chi connectivity index (χ0n) is 16.2. The number of hydrogen-bond donors (Lipinski definition) is 1. The standard InChI is InChI=1S/C22H28N2O3/c1-26-10-8-15-11-14-12-22(21(25)27-2)19-17(7-9-24(13-14)20(15)22)16-5-3-4-6-18(16)23-19/h3-6,14-15,20,23H,7-13H2,1-2H3/t14-,15?,20?,22?/m0/s1. The van der Waals surface area contributed by atoms with Crippen molar-refractivity contribution >= 4 is 16.9 Å². The first-order valence-electron chi connectivity index (χ1n) is 10.1. The van der Waals surface area contributed by atoms with E-state index in [2.05, 4.69) is 34.1 Å². The number of nitrogens with one attached hydrogen (secondary N) is 1. The topological polar surface area (TPSA) is 54.6 Å². The Hall–Kier alpha value is -1.85. The summed E-state index contributed by atoms with van der Waals surface area (Å²) in [5, 5.41) is 1.26. The number of ether oxygens (including phenoxy) is 2. The summed E-state index contributed by atoms with van der Waals surface area (Å²) < 4.78 is 10.9. The van der Waals surface area contributed by atoms with Crippen LogP contribution < -0.4 is 0 Å². The SMILES string of the molecule is COCCC1C[C@@H]2CN3CCc4c([nH]c5ccccc45)C(C(=O)OC)(C2)C13. The maximum absolute atomic E-state index is 13.4. The Labute approximate surface area is 160 Å². The van der Waals surface area contributed by atoms with Gasteiger partial charge in [-0.1, -0.05) is 18.2 Å². The number of carbonyl (C=O) groups excluding carboxylic acids is 1. The van der Waals surface area contributed by atoms with Crippen LogP contribution in [0.1, 0.15) is 30.5 Å². The zero-order chi connectivity index (χ0) is 18.6. The molecule has 1 saturated carbocycles. The summed E-state index contributed by atoms with van der Waals surface area (Å²) in [6.45, 7) is 2.87. The van der Waals surface area contributed by atoms with Crippen LogP contribution in [0.3, 0.4) is 0 Å². The minimum absolute atomic E-state index is 0.0703. The quantitative estimate of drug-likeness (QED) is 0.843. The van der Waals surface area contributed by atoms with E-state index in [-0.39, 0.29) is 12.0 Å². The van der Waals surface area contributed by atoms with Crippen LogP contribution in [-0.2, 0) is 26.1 Å². The van der Waals surface area contributed by atoms with Gasteiger partial charge in [0.1, 0.15) is 5.41 Å². The minimum atomic E-state index is -0.584. The van der Waals surface area contributed by atoms with Gasteiger partial charge in [0.25, 0.3) is 0 Å². The molecule has 0 radical (unpaired) electrons. The van der Waals surface area contributed by atoms with E-state index in [4.69, 9.17) is 9.47 Å². The van der Waals surface area contributed by atoms with Gasteiger partial charge in [-0.15, -0.1) is 0 Å². The van der Waals surface area contributed by atoms with Crippen molar-refractivity contribution in [1.29, 1.82) is 0 Å². The Kier molecular flexibility index (Phi) is 4.06. The summed E-state index contributed by atoms with van der Waals surface area (Å²) in [7, 11) is 3.31. The maximum atomic E-state index is 13.4. The lowest BCUT2D eigenvalue weighted by atomic mass is 9.56. The first kappa shape index (κ1) is 17.3. The number of esters is 1. The second-order valence-corrected chi connectivity index (χ2v) is 8.52. The van der Waals surface area contributed by atoms with Crippen molar-refractivity contribution in [3.63, 3.8) is 0 Å². The third kappa shape index (κ3) is 2.34. The van der Waals surface area contributed by atoms with Crippen molar-refractivity contribution in [3.8, 4) is 0 Å². The molecular weight excluding hydrogens is 340 g/mol. The summed E-state index contributed by atoms with van der Waals surface area (Å²) in [6.07, 6.45) is 4.07. The summed E-state index contributed by atoms with van der Waals surface area (Å²) in [4.78, 5) is 19.7. The van der Waals surface area contributed by atoms with Crippen molar-refractivity contribution < 1.29 is 14.3 Å². The third-order valence-electron chi connectivity index (χ3n) is 7.24. The number of aromatic amines is 1. The molecule has 2 saturated heterocycles. The van der Waals surface area contributed by atoms with Gasteiger partial charge < -0.3 is 14.5 Å². The summed E-state index contributed by atoms with van der Waals surface area (Å²) >= 11 is 0. The number of rotatable bonds is 4. The fraction of sp³-hybridized carbons (Fsp3) is 0.591. The molecule has 1 aliphatic carbocycles. The molecule has 1 N–H and O–H groups in total. The van der Waals surface area contributed by atoms with E-state index < -0.39 is 5.41 Å². The average molecular weight is 368 g/mol. The number of methoxy groups -OCH3 is 2. The summed E-state index contributed by atoms with van der Waals surface area (Å²) in [5.41, 5.74) is 2.99. The van der Waals surface area contributed by atoms with Gasteiger partial charge in [-0.3, -0.25) is 9.69 Å². The van der Waals surface area contributed by atoms with Gasteiger partial charge in [-0.05, 0) is 49.1 Å². The molecule has 4 aliphatic rings. The van der Waals surface area contributed by atoms with E-state index in [0.29, 0.717) is 11.8 Å². The molecule has 4 unspecified atom stereocenters. The van der Waals surface area contributed by atoms with E-state index in [1.807, 2.05) is 0 Å². The van der Waals surface area contributed by atoms with Crippen LogP contribution in [-0.4, -0.2) is 55.8 Å². The number of carbonyl (C=O) groups is 1. The Morgan fingerprint density at radius 3 is 3.00 bits per heavy atom. The van der Waals surface area contributed by atoms with E-state index in [1.165, 1.54) is 17.4 Å². The molecule has 0 amide bonds. The van der Waals surface area contributed by atoms with Crippen molar-refractivity contribution in [2.75, 3.05) is 33.9 Å². The molecule has 3 aliphatic heterocycles. The van der Waals surface area contributed by atoms with E-state index in [9.17, 15) is 4.79 Å². The number of piperidine rings is 2. The van der Waals surface area contributed by atoms with Gasteiger partial charge >= 0.3 is 5.97 Å². The van der Waals surface area contributed by atoms with Gasteiger partial charge in [-0.25, -0.2) is 0 Å². The largest absolute Gasteiger partial charge is 0.468 e. The number of H-pyrrole nitrogens is 1. The molecule has 6 rings (SSSR count). The highest BCUT2D eigenvalue weighted by atomic mass is 16.5. The number of fused-ring (bicyclic) bond motifs is 4. The van der Waals surface area contributed by atoms with Gasteiger partial charge in [-0.2, -0.15) is 0 Å². The third-order valence-corrected chi connectivity index (χ3v) is 7.24. The number of para-hydroxylation sites is 1. The molecule has 0 spiro atoms. The highest BCUT2D eigenvalue weighted by Crippen LogP contribution is 2.55. The molecule has 144 valence electrons. The normalized spacial score (nSPS) is 34.3. The van der Waals surface area contributed by atoms with Crippen LogP contribution in [0, 0.1) is 11.8 Å². The van der Waals surface area contributed by atoms with Crippen LogP contribution in [0.25, 0.3) is 10.9 Å². The van der Waals surface area contributed by atoms with Crippen molar-refractivity contribution in [2.45, 2.75) is 37.1 Å². The molecule has 1 aromatic heterocycles. The Morgan fingerprint density at radius 2 is 2.19 bits per heavy atom. The summed E-state index contributed by atoms with van der Waals surface area (Å²) in [5.74, 6) is 0.932. The van der Waals surface area contributed by atoms with Crippen LogP contribution in [0.5, 0.6) is 0 Å². The fourth-order valence-corrected chi connectivity index (χ4v) is 6.42. The minimum Gasteiger partial charge on any atom is -0.468 e. The number of aromatic nitrogens is 1. The second-order valence-electron chi connectivity index (χ2n) is 8.52. The molecule has 1 aromatic carbocycles. The van der Waals surface area contributed by atoms with Crippen LogP contribution >= 0.6 is 0 Å². The predicted octanol–water partition coefficient (Wildman–Crippen LogP) is 2.88. The van der Waals surface area contributed by atoms with Gasteiger partial charge in [0.2, 0.25) is 0 Å². The highest BCUT2D eigenvalue weighted by Gasteiger charge is 2.62. The van der Waals surface area contributed by atoms with Crippen LogP contribution in [0.4, 0.5) is 0 Å². The zero-order valence-corrected chi connectivity index (χ0v) is 16.2. The molecule has 2 aromatic rings. The maximum Gasteiger partial charge on any atom is 0.319 e. The monoisotopic (exact) mass is 368 g/mol. The predicted molar refractivity (Wildman–Crippen MR) is 104 cm³/mol. The van der Waals surface area contributed by atoms with Crippen molar-refractivity contribution in [1.82, 2.24) is 9.88 Å². The van der Waals surface area contributed by atoms with E-state index in [1.54, 1.807) is 14.2 Å². The van der Waals surface area contributed by atoms with Crippen molar-refractivity contribution in [2.24, 2.45) is 11.8 Å². The average Bonchev–Trinajstić information content (AvgIpc) is 3.04. The molecule has 5 atom stereocenters. The van der Waals surface area contributed by atoms with Crippen LogP contribution in [0.2, 0.25) is 0 Å². The lowest BCUT2D eigenvalue weighted by molar-refractivity contribution is -0.162. The molecule has 5 nitrogen and oxygen atoms in total. The fourth-order valence-electron chi connectivity index (χ4n) is 6.42. The van der Waals surface area contributed by atoms with Gasteiger partial charge in [0, 0.05) is 49.4 Å². The summed E-state index contributed by atoms with van der Waals surface area (Å²) in [6, 6.07) is 8.65. The second kappa shape index (κ2) is 6.35. The molecule has 4 heterocycles. The van der Waals surface area contributed by atoms with E-state index >= 15 is 0 Å². The first-order valence-corrected chi connectivity index (χ1v) is 10.1. The number of hydrogen-bond acceptors (Lipinski definition) is 4. The molecule has 5 heteroatoms. The Bertz CT molecular complexity index is 876. The van der Waals surface area contributed by atoms with Crippen LogP contribution in [0.15, 0.2) is 24.3 Å². The molecular formula is C22H28N2O3. The number of nitrogens with zero attached hydrogens (tertiary/aromatic N) is 1. The first-order chi connectivity index (χ1) is 13.2. The van der Waals surface area contributed by atoms with Gasteiger partial charge in [0.15, 0.2) is 0 Å². The number of benzene rings is 1. The molecule has 4 bridgehead atoms. The Morgan fingerprint density at radius 1 is 1.33 bits per heavy atom. The highest BCUT2D eigenvalue weighted by molar-refractivity contribution is 5.91. The lowest BCUT2D eigenvalue weighted by Gasteiger charge is -2.58. The van der Waals surface area contributed by atoms with Gasteiger partial charge in [0.05, 0.1) is 7.11 Å². The Balaban J connectivity index is 1.72. The lowest BCUT2D eigenvalue weighted by Crippen LogP contribution is -2.67. The van der Waals surface area contributed by atoms with Crippen molar-refractivity contribution in [3.05, 3.63) is 35.5 Å². The molecule has 3 fully saturated rings. The smallest absolute Gasteiger partial charge is 0.319 e. The van der Waals surface area contributed by atoms with E-state index in [0.717, 1.165) is 50.2 Å². The molecule has 27 heavy (non-hydrogen) atoms.